The van der Waals surface area contributed by atoms with Crippen LogP contribution in [-0.2, 0) is 13.8 Å². The summed E-state index contributed by atoms with van der Waals surface area (Å²) in [4.78, 5) is 23.1. The molecule has 0 fully saturated rings. The van der Waals surface area contributed by atoms with Gasteiger partial charge in [-0.2, -0.15) is 0 Å². The Bertz CT molecular complexity index is 954. The van der Waals surface area contributed by atoms with Crippen molar-refractivity contribution in [2.75, 3.05) is 25.6 Å². The summed E-state index contributed by atoms with van der Waals surface area (Å²) in [6, 6.07) is 0. The van der Waals surface area contributed by atoms with Crippen LogP contribution in [0.2, 0.25) is 0 Å². The van der Waals surface area contributed by atoms with Gasteiger partial charge in [-0.25, -0.2) is 15.0 Å². The molecule has 0 spiro atoms. The molecule has 2 unspecified atom stereocenters. The largest absolute Gasteiger partial charge is 0.394 e. The summed E-state index contributed by atoms with van der Waals surface area (Å²) in [6.45, 7) is 6.18. The summed E-state index contributed by atoms with van der Waals surface area (Å²) in [5.74, 6) is 0.501. The number of ether oxygens (including phenoxy) is 1. The normalized spacial score (nSPS) is 18.0. The van der Waals surface area contributed by atoms with Gasteiger partial charge in [-0.1, -0.05) is 20.8 Å². The molecule has 33 heavy (non-hydrogen) atoms. The van der Waals surface area contributed by atoms with E-state index < -0.39 is 37.5 Å². The maximum Gasteiger partial charge on any atom is 0.359 e. The van der Waals surface area contributed by atoms with Crippen molar-refractivity contribution in [2.45, 2.75) is 76.7 Å². The Morgan fingerprint density at radius 2 is 1.88 bits per heavy atom. The van der Waals surface area contributed by atoms with E-state index in [0.717, 1.165) is 0 Å². The van der Waals surface area contributed by atoms with E-state index in [1.165, 1.54) is 17.2 Å². The van der Waals surface area contributed by atoms with Gasteiger partial charge >= 0.3 is 7.60 Å². The highest BCUT2D eigenvalue weighted by Crippen LogP contribution is 2.60. The number of aliphatic hydroxyl groups excluding tert-OH is 2. The predicted octanol–water partition coefficient (Wildman–Crippen LogP) is 2.01. The molecule has 12 nitrogen and oxygen atoms in total. The van der Waals surface area contributed by atoms with Crippen LogP contribution in [0.4, 0.5) is 5.82 Å². The van der Waals surface area contributed by atoms with Crippen LogP contribution in [0, 0.1) is 0 Å². The van der Waals surface area contributed by atoms with Crippen LogP contribution < -0.4 is 5.32 Å². The highest BCUT2D eigenvalue weighted by Gasteiger charge is 2.48. The average Bonchev–Trinajstić information content (AvgIpc) is 3.24. The number of fused-ring (bicyclic) bond motifs is 1. The van der Waals surface area contributed by atoms with Crippen molar-refractivity contribution in [2.24, 2.45) is 0 Å². The summed E-state index contributed by atoms with van der Waals surface area (Å²) in [5.41, 5.74) is -0.201. The fraction of sp³-hybridized carbons (Fsp3) is 0.750. The topological polar surface area (TPSA) is 172 Å². The predicted molar refractivity (Wildman–Crippen MR) is 123 cm³/mol. The van der Waals surface area contributed by atoms with Crippen molar-refractivity contribution < 1.29 is 34.0 Å². The maximum atomic E-state index is 12.9. The zero-order valence-electron chi connectivity index (χ0n) is 19.8. The fourth-order valence-electron chi connectivity index (χ4n) is 3.40. The summed E-state index contributed by atoms with van der Waals surface area (Å²) in [5, 5.41) is 31.6. The molecule has 2 rings (SSSR count). The highest BCUT2D eigenvalue weighted by molar-refractivity contribution is 7.54. The molecule has 0 radical (unpaired) electrons. The Hall–Kier alpha value is -1.66. The molecule has 0 amide bonds. The Kier molecular flexibility index (Phi) is 9.34. The molecule has 2 aromatic heterocycles. The van der Waals surface area contributed by atoms with Crippen LogP contribution in [0.3, 0.4) is 0 Å². The molecular weight excluding hydrogens is 453 g/mol. The SMILES string of the molecule is CCC(C)(CCO[C@H]([C@H](O)CO)n1cnc2c(NC)ncnc21)OP(=O)(O)C(O)(CC)CC. The second-order valence-electron chi connectivity index (χ2n) is 8.16. The Labute approximate surface area is 193 Å². The number of nitrogens with one attached hydrogen (secondary N) is 1. The lowest BCUT2D eigenvalue weighted by Crippen LogP contribution is -2.36. The number of hydrogen-bond acceptors (Lipinski definition) is 10. The van der Waals surface area contributed by atoms with E-state index in [2.05, 4.69) is 20.3 Å². The van der Waals surface area contributed by atoms with Crippen molar-refractivity contribution in [3.63, 3.8) is 0 Å². The van der Waals surface area contributed by atoms with E-state index in [9.17, 15) is 24.8 Å². The van der Waals surface area contributed by atoms with Crippen LogP contribution in [0.1, 0.15) is 59.6 Å². The van der Waals surface area contributed by atoms with Gasteiger partial charge in [0.25, 0.3) is 0 Å². The summed E-state index contributed by atoms with van der Waals surface area (Å²) in [7, 11) is -2.66. The lowest BCUT2D eigenvalue weighted by Gasteiger charge is -2.37. The lowest BCUT2D eigenvalue weighted by molar-refractivity contribution is -0.107. The van der Waals surface area contributed by atoms with Gasteiger partial charge in [0, 0.05) is 13.5 Å². The van der Waals surface area contributed by atoms with Gasteiger partial charge in [0.1, 0.15) is 17.9 Å². The first-order valence-corrected chi connectivity index (χ1v) is 12.6. The third kappa shape index (κ3) is 5.89. The molecule has 0 aromatic carbocycles. The highest BCUT2D eigenvalue weighted by atomic mass is 31.2. The van der Waals surface area contributed by atoms with E-state index in [0.29, 0.717) is 23.4 Å². The van der Waals surface area contributed by atoms with Gasteiger partial charge in [-0.05, 0) is 26.2 Å². The third-order valence-corrected chi connectivity index (χ3v) is 8.43. The van der Waals surface area contributed by atoms with Gasteiger partial charge in [-0.3, -0.25) is 9.13 Å². The molecule has 2 aromatic rings. The molecule has 2 heterocycles. The molecule has 0 aliphatic heterocycles. The quantitative estimate of drug-likeness (QED) is 0.246. The monoisotopic (exact) mass is 489 g/mol. The van der Waals surface area contributed by atoms with Crippen molar-refractivity contribution in [1.29, 1.82) is 0 Å². The number of aromatic nitrogens is 4. The van der Waals surface area contributed by atoms with Crippen LogP contribution in [-0.4, -0.2) is 77.0 Å². The first-order chi connectivity index (χ1) is 15.5. The fourth-order valence-corrected chi connectivity index (χ4v) is 5.19. The van der Waals surface area contributed by atoms with Gasteiger partial charge < -0.3 is 34.8 Å². The first kappa shape index (κ1) is 27.6. The van der Waals surface area contributed by atoms with Crippen molar-refractivity contribution >= 4 is 24.6 Å². The van der Waals surface area contributed by atoms with Gasteiger partial charge in [-0.15, -0.1) is 0 Å². The van der Waals surface area contributed by atoms with E-state index >= 15 is 0 Å². The van der Waals surface area contributed by atoms with Crippen LogP contribution >= 0.6 is 7.60 Å². The summed E-state index contributed by atoms with van der Waals surface area (Å²) >= 11 is 0. The maximum absolute atomic E-state index is 12.9. The molecule has 4 atom stereocenters. The van der Waals surface area contributed by atoms with E-state index in [4.69, 9.17) is 9.26 Å². The summed E-state index contributed by atoms with van der Waals surface area (Å²) in [6.07, 6.45) is 1.19. The number of imidazole rings is 1. The van der Waals surface area contributed by atoms with E-state index in [-0.39, 0.29) is 25.9 Å². The number of rotatable bonds is 14. The van der Waals surface area contributed by atoms with Gasteiger partial charge in [0.05, 0.1) is 25.1 Å². The number of aliphatic hydroxyl groups is 3. The molecular formula is C20H36N5O7P. The van der Waals surface area contributed by atoms with Crippen LogP contribution in [0.5, 0.6) is 0 Å². The molecule has 13 heteroatoms. The van der Waals surface area contributed by atoms with Crippen molar-refractivity contribution in [1.82, 2.24) is 19.5 Å². The van der Waals surface area contributed by atoms with E-state index in [1.807, 2.05) is 0 Å². The molecule has 0 aliphatic rings. The van der Waals surface area contributed by atoms with Gasteiger partial charge in [0.2, 0.25) is 0 Å². The molecule has 5 N–H and O–H groups in total. The average molecular weight is 490 g/mol. The second kappa shape index (κ2) is 11.2. The second-order valence-corrected chi connectivity index (χ2v) is 10.2. The smallest absolute Gasteiger partial charge is 0.359 e. The van der Waals surface area contributed by atoms with Crippen LogP contribution in [0.15, 0.2) is 12.7 Å². The Balaban J connectivity index is 2.21. The standard InChI is InChI=1S/C20H36N5O7P/c1-6-19(4,32-33(29,30)20(28,7-2)8-3)9-10-31-18(14(27)11-26)25-13-24-15-16(21-5)22-12-23-17(15)25/h12-14,18,26-28H,6-11H2,1-5H3,(H,29,30)(H,21,22,23)/t14-,18-,19?/m1/s1. The summed E-state index contributed by atoms with van der Waals surface area (Å²) < 4.78 is 25.8. The zero-order chi connectivity index (χ0) is 24.9. The third-order valence-electron chi connectivity index (χ3n) is 6.06. The molecule has 0 aliphatic carbocycles. The molecule has 0 saturated heterocycles. The minimum absolute atomic E-state index is 0.0202. The minimum Gasteiger partial charge on any atom is -0.394 e. The number of hydrogen-bond donors (Lipinski definition) is 5. The Morgan fingerprint density at radius 3 is 2.42 bits per heavy atom. The van der Waals surface area contributed by atoms with Crippen molar-refractivity contribution in [3.05, 3.63) is 12.7 Å². The Morgan fingerprint density at radius 1 is 1.21 bits per heavy atom. The number of nitrogens with zero attached hydrogens (tertiary/aromatic N) is 4. The molecule has 0 saturated carbocycles. The molecule has 188 valence electrons. The van der Waals surface area contributed by atoms with Crippen molar-refractivity contribution in [3.8, 4) is 0 Å². The number of anilines is 1. The van der Waals surface area contributed by atoms with E-state index in [1.54, 1.807) is 34.7 Å². The van der Waals surface area contributed by atoms with Crippen LogP contribution in [0.25, 0.3) is 11.2 Å². The minimum atomic E-state index is -4.36. The zero-order valence-corrected chi connectivity index (χ0v) is 20.7. The molecule has 0 bridgehead atoms. The lowest BCUT2D eigenvalue weighted by atomic mass is 10.0. The van der Waals surface area contributed by atoms with Gasteiger partial charge in [0.15, 0.2) is 23.0 Å². The first-order valence-electron chi connectivity index (χ1n) is 11.0.